The fraction of sp³-hybridized carbons (Fsp3) is 0.333. The highest BCUT2D eigenvalue weighted by Gasteiger charge is 2.18. The third-order valence-corrected chi connectivity index (χ3v) is 1.83. The number of aliphatic carboxylic acids is 1. The smallest absolute Gasteiger partial charge is 0.326 e. The lowest BCUT2D eigenvalue weighted by Crippen LogP contribution is -2.40. The van der Waals surface area contributed by atoms with E-state index in [-0.39, 0.29) is 5.56 Å². The van der Waals surface area contributed by atoms with Gasteiger partial charge in [0.1, 0.15) is 12.4 Å². The highest BCUT2D eigenvalue weighted by atomic mass is 16.4. The molecular weight excluding hydrogens is 198 g/mol. The Morgan fingerprint density at radius 1 is 1.47 bits per heavy atom. The van der Waals surface area contributed by atoms with Gasteiger partial charge in [0.15, 0.2) is 0 Å². The number of carboxylic acid groups (broad SMARTS) is 1. The van der Waals surface area contributed by atoms with Crippen molar-refractivity contribution in [1.29, 1.82) is 0 Å². The minimum absolute atomic E-state index is 0.247. The summed E-state index contributed by atoms with van der Waals surface area (Å²) in [7, 11) is 0. The van der Waals surface area contributed by atoms with E-state index in [2.05, 4.69) is 15.3 Å². The molecule has 0 spiro atoms. The van der Waals surface area contributed by atoms with Gasteiger partial charge in [0.25, 0.3) is 5.91 Å². The van der Waals surface area contributed by atoms with Crippen molar-refractivity contribution in [2.75, 3.05) is 0 Å². The zero-order valence-electron chi connectivity index (χ0n) is 8.17. The molecule has 1 rings (SSSR count). The standard InChI is InChI=1S/C9H11N3O3/c1-2-7(9(14)15)12-8(13)6-3-10-5-11-4-6/h3-5,7H,2H2,1H3,(H,12,13)(H,14,15)/t7-/m1/s1. The molecular formula is C9H11N3O3. The van der Waals surface area contributed by atoms with Gasteiger partial charge < -0.3 is 10.4 Å². The molecule has 1 atom stereocenters. The first-order chi connectivity index (χ1) is 7.15. The average Bonchev–Trinajstić information content (AvgIpc) is 2.26. The molecule has 1 amide bonds. The van der Waals surface area contributed by atoms with Gasteiger partial charge in [-0.1, -0.05) is 6.92 Å². The number of rotatable bonds is 4. The third kappa shape index (κ3) is 3.01. The van der Waals surface area contributed by atoms with Gasteiger partial charge in [-0.05, 0) is 6.42 Å². The fourth-order valence-corrected chi connectivity index (χ4v) is 0.996. The van der Waals surface area contributed by atoms with E-state index in [4.69, 9.17) is 5.11 Å². The van der Waals surface area contributed by atoms with Gasteiger partial charge in [-0.25, -0.2) is 14.8 Å². The Morgan fingerprint density at radius 2 is 2.07 bits per heavy atom. The van der Waals surface area contributed by atoms with E-state index in [0.29, 0.717) is 6.42 Å². The van der Waals surface area contributed by atoms with Crippen LogP contribution in [-0.4, -0.2) is 33.0 Å². The molecule has 80 valence electrons. The molecule has 0 radical (unpaired) electrons. The third-order valence-electron chi connectivity index (χ3n) is 1.83. The molecule has 0 aliphatic heterocycles. The largest absolute Gasteiger partial charge is 0.480 e. The molecule has 0 saturated heterocycles. The van der Waals surface area contributed by atoms with Crippen LogP contribution in [0.4, 0.5) is 0 Å². The van der Waals surface area contributed by atoms with E-state index in [0.717, 1.165) is 0 Å². The maximum absolute atomic E-state index is 11.5. The van der Waals surface area contributed by atoms with Crippen LogP contribution < -0.4 is 5.32 Å². The molecule has 0 unspecified atom stereocenters. The summed E-state index contributed by atoms with van der Waals surface area (Å²) in [5.41, 5.74) is 0.247. The molecule has 0 saturated carbocycles. The molecule has 1 aromatic heterocycles. The maximum Gasteiger partial charge on any atom is 0.326 e. The van der Waals surface area contributed by atoms with Gasteiger partial charge in [-0.2, -0.15) is 0 Å². The molecule has 0 aliphatic carbocycles. The number of amides is 1. The van der Waals surface area contributed by atoms with Crippen molar-refractivity contribution in [3.63, 3.8) is 0 Å². The van der Waals surface area contributed by atoms with E-state index in [1.165, 1.54) is 18.7 Å². The number of nitrogens with zero attached hydrogens (tertiary/aromatic N) is 2. The topological polar surface area (TPSA) is 92.2 Å². The predicted octanol–water partition coefficient (Wildman–Crippen LogP) is 0.0696. The Hall–Kier alpha value is -1.98. The molecule has 6 heteroatoms. The number of aromatic nitrogens is 2. The van der Waals surface area contributed by atoms with Crippen molar-refractivity contribution in [3.05, 3.63) is 24.3 Å². The van der Waals surface area contributed by atoms with Crippen molar-refractivity contribution in [2.45, 2.75) is 19.4 Å². The highest BCUT2D eigenvalue weighted by molar-refractivity contribution is 5.95. The van der Waals surface area contributed by atoms with Crippen molar-refractivity contribution in [3.8, 4) is 0 Å². The SMILES string of the molecule is CC[C@@H](NC(=O)c1cncnc1)C(=O)O. The second-order valence-electron chi connectivity index (χ2n) is 2.90. The summed E-state index contributed by atoms with van der Waals surface area (Å²) < 4.78 is 0. The molecule has 6 nitrogen and oxygen atoms in total. The molecule has 0 bridgehead atoms. The van der Waals surface area contributed by atoms with Crippen LogP contribution in [0.2, 0.25) is 0 Å². The van der Waals surface area contributed by atoms with Crippen LogP contribution in [0.3, 0.4) is 0 Å². The summed E-state index contributed by atoms with van der Waals surface area (Å²) in [6.45, 7) is 1.68. The van der Waals surface area contributed by atoms with Crippen LogP contribution in [0, 0.1) is 0 Å². The van der Waals surface area contributed by atoms with Gasteiger partial charge >= 0.3 is 5.97 Å². The lowest BCUT2D eigenvalue weighted by molar-refractivity contribution is -0.139. The summed E-state index contributed by atoms with van der Waals surface area (Å²) >= 11 is 0. The van der Waals surface area contributed by atoms with Crippen LogP contribution in [0.1, 0.15) is 23.7 Å². The number of hydrogen-bond donors (Lipinski definition) is 2. The van der Waals surface area contributed by atoms with Crippen LogP contribution in [-0.2, 0) is 4.79 Å². The first kappa shape index (κ1) is 11.1. The van der Waals surface area contributed by atoms with E-state index in [1.54, 1.807) is 6.92 Å². The van der Waals surface area contributed by atoms with Crippen molar-refractivity contribution in [1.82, 2.24) is 15.3 Å². The van der Waals surface area contributed by atoms with Crippen molar-refractivity contribution < 1.29 is 14.7 Å². The minimum atomic E-state index is -1.05. The lowest BCUT2D eigenvalue weighted by Gasteiger charge is -2.11. The Balaban J connectivity index is 2.67. The van der Waals surface area contributed by atoms with Crippen LogP contribution in [0.5, 0.6) is 0 Å². The Morgan fingerprint density at radius 3 is 2.53 bits per heavy atom. The normalized spacial score (nSPS) is 11.8. The summed E-state index contributed by atoms with van der Waals surface area (Å²) in [5, 5.41) is 11.1. The molecule has 1 aromatic rings. The number of carbonyl (C=O) groups is 2. The quantitative estimate of drug-likeness (QED) is 0.732. The van der Waals surface area contributed by atoms with E-state index < -0.39 is 17.9 Å². The van der Waals surface area contributed by atoms with Gasteiger partial charge in [-0.3, -0.25) is 4.79 Å². The van der Waals surface area contributed by atoms with Crippen LogP contribution in [0.25, 0.3) is 0 Å². The zero-order chi connectivity index (χ0) is 11.3. The molecule has 0 fully saturated rings. The lowest BCUT2D eigenvalue weighted by atomic mass is 10.2. The van der Waals surface area contributed by atoms with Crippen molar-refractivity contribution in [2.24, 2.45) is 0 Å². The Labute approximate surface area is 86.4 Å². The van der Waals surface area contributed by atoms with E-state index >= 15 is 0 Å². The second-order valence-corrected chi connectivity index (χ2v) is 2.90. The fourth-order valence-electron chi connectivity index (χ4n) is 0.996. The summed E-state index contributed by atoms with van der Waals surface area (Å²) in [5.74, 6) is -1.53. The zero-order valence-corrected chi connectivity index (χ0v) is 8.17. The minimum Gasteiger partial charge on any atom is -0.480 e. The number of hydrogen-bond acceptors (Lipinski definition) is 4. The number of carbonyl (C=O) groups excluding carboxylic acids is 1. The first-order valence-corrected chi connectivity index (χ1v) is 4.43. The van der Waals surface area contributed by atoms with Gasteiger partial charge in [-0.15, -0.1) is 0 Å². The predicted molar refractivity (Wildman–Crippen MR) is 51.2 cm³/mol. The van der Waals surface area contributed by atoms with Crippen LogP contribution in [0.15, 0.2) is 18.7 Å². The van der Waals surface area contributed by atoms with Crippen LogP contribution >= 0.6 is 0 Å². The highest BCUT2D eigenvalue weighted by Crippen LogP contribution is 1.97. The molecule has 2 N–H and O–H groups in total. The summed E-state index contributed by atoms with van der Waals surface area (Å²) in [4.78, 5) is 29.4. The molecule has 15 heavy (non-hydrogen) atoms. The monoisotopic (exact) mass is 209 g/mol. The molecule has 1 heterocycles. The summed E-state index contributed by atoms with van der Waals surface area (Å²) in [6.07, 6.45) is 4.29. The second kappa shape index (κ2) is 5.04. The number of carboxylic acids is 1. The Kier molecular flexibility index (Phi) is 3.73. The van der Waals surface area contributed by atoms with E-state index in [9.17, 15) is 9.59 Å². The molecule has 0 aromatic carbocycles. The van der Waals surface area contributed by atoms with Gasteiger partial charge in [0.2, 0.25) is 0 Å². The number of nitrogens with one attached hydrogen (secondary N) is 1. The molecule has 0 aliphatic rings. The summed E-state index contributed by atoms with van der Waals surface area (Å²) in [6, 6.07) is -0.877. The van der Waals surface area contributed by atoms with Gasteiger partial charge in [0, 0.05) is 12.4 Å². The first-order valence-electron chi connectivity index (χ1n) is 4.43. The Bertz CT molecular complexity index is 353. The van der Waals surface area contributed by atoms with Gasteiger partial charge in [0.05, 0.1) is 5.56 Å². The van der Waals surface area contributed by atoms with Crippen molar-refractivity contribution >= 4 is 11.9 Å². The maximum atomic E-state index is 11.5. The average molecular weight is 209 g/mol. The van der Waals surface area contributed by atoms with E-state index in [1.807, 2.05) is 0 Å².